The fraction of sp³-hybridized carbons (Fsp3) is 0.182. The third-order valence-electron chi connectivity index (χ3n) is 2.33. The summed E-state index contributed by atoms with van der Waals surface area (Å²) in [5.74, 6) is -0.863. The maximum atomic E-state index is 11.0. The molecule has 2 rings (SSSR count). The Balaban J connectivity index is 2.60. The Bertz CT molecular complexity index is 510. The van der Waals surface area contributed by atoms with Crippen LogP contribution in [0.1, 0.15) is 15.2 Å². The van der Waals surface area contributed by atoms with Crippen LogP contribution in [-0.2, 0) is 7.05 Å². The summed E-state index contributed by atoms with van der Waals surface area (Å²) in [6, 6.07) is 1.93. The lowest BCUT2D eigenvalue weighted by molar-refractivity contribution is 0.0698. The number of aromatic carboxylic acids is 1. The molecule has 0 aliphatic carbocycles. The van der Waals surface area contributed by atoms with Gasteiger partial charge in [-0.25, -0.2) is 4.79 Å². The van der Waals surface area contributed by atoms with Crippen molar-refractivity contribution in [3.63, 3.8) is 0 Å². The van der Waals surface area contributed by atoms with E-state index in [1.165, 1.54) is 11.3 Å². The van der Waals surface area contributed by atoms with Gasteiger partial charge < -0.3 is 9.67 Å². The van der Waals surface area contributed by atoms with Crippen molar-refractivity contribution in [1.29, 1.82) is 0 Å². The average Bonchev–Trinajstić information content (AvgIpc) is 2.71. The van der Waals surface area contributed by atoms with Crippen LogP contribution in [0.2, 0.25) is 0 Å². The Morgan fingerprint density at radius 1 is 1.53 bits per heavy atom. The molecule has 0 fully saturated rings. The van der Waals surface area contributed by atoms with Gasteiger partial charge in [-0.2, -0.15) is 0 Å². The zero-order valence-electron chi connectivity index (χ0n) is 8.52. The predicted molar refractivity (Wildman–Crippen MR) is 60.4 cm³/mol. The lowest BCUT2D eigenvalue weighted by atomic mass is 10.1. The first-order valence-electron chi connectivity index (χ1n) is 4.53. The van der Waals surface area contributed by atoms with Crippen molar-refractivity contribution in [2.45, 2.75) is 6.92 Å². The van der Waals surface area contributed by atoms with E-state index in [1.807, 2.05) is 37.0 Å². The van der Waals surface area contributed by atoms with Gasteiger partial charge in [0.25, 0.3) is 0 Å². The predicted octanol–water partition coefficient (Wildman–Crippen LogP) is 2.76. The van der Waals surface area contributed by atoms with Crippen LogP contribution >= 0.6 is 11.3 Å². The van der Waals surface area contributed by atoms with Gasteiger partial charge in [-0.05, 0) is 13.0 Å². The van der Waals surface area contributed by atoms with Crippen molar-refractivity contribution in [3.8, 4) is 11.1 Å². The van der Waals surface area contributed by atoms with Gasteiger partial charge in [-0.15, -0.1) is 11.3 Å². The van der Waals surface area contributed by atoms with Gasteiger partial charge in [0, 0.05) is 40.8 Å². The van der Waals surface area contributed by atoms with Crippen molar-refractivity contribution < 1.29 is 9.90 Å². The van der Waals surface area contributed by atoms with Crippen LogP contribution in [0, 0.1) is 6.92 Å². The van der Waals surface area contributed by atoms with E-state index in [4.69, 9.17) is 5.11 Å². The first kappa shape index (κ1) is 9.98. The van der Waals surface area contributed by atoms with Crippen LogP contribution in [0.4, 0.5) is 0 Å². The highest BCUT2D eigenvalue weighted by atomic mass is 32.1. The molecule has 0 saturated carbocycles. The highest BCUT2D eigenvalue weighted by Crippen LogP contribution is 2.32. The van der Waals surface area contributed by atoms with E-state index < -0.39 is 5.97 Å². The maximum absolute atomic E-state index is 11.0. The van der Waals surface area contributed by atoms with Gasteiger partial charge in [0.1, 0.15) is 0 Å². The van der Waals surface area contributed by atoms with E-state index >= 15 is 0 Å². The molecule has 0 bridgehead atoms. The summed E-state index contributed by atoms with van der Waals surface area (Å²) in [6.45, 7) is 1.94. The molecule has 78 valence electrons. The van der Waals surface area contributed by atoms with Crippen molar-refractivity contribution in [2.75, 3.05) is 0 Å². The highest BCUT2D eigenvalue weighted by Gasteiger charge is 2.16. The van der Waals surface area contributed by atoms with E-state index in [2.05, 4.69) is 0 Å². The molecule has 0 aliphatic heterocycles. The normalized spacial score (nSPS) is 10.5. The number of hydrogen-bond donors (Lipinski definition) is 1. The summed E-state index contributed by atoms with van der Waals surface area (Å²) in [5.41, 5.74) is 2.20. The second kappa shape index (κ2) is 3.55. The Kier molecular flexibility index (Phi) is 2.36. The van der Waals surface area contributed by atoms with Crippen molar-refractivity contribution in [2.24, 2.45) is 7.05 Å². The molecule has 0 saturated heterocycles. The number of rotatable bonds is 2. The van der Waals surface area contributed by atoms with Gasteiger partial charge in [0.2, 0.25) is 0 Å². The molecule has 2 heterocycles. The number of carboxylic acids is 1. The quantitative estimate of drug-likeness (QED) is 0.847. The van der Waals surface area contributed by atoms with Crippen molar-refractivity contribution >= 4 is 17.3 Å². The molecule has 0 amide bonds. The van der Waals surface area contributed by atoms with Gasteiger partial charge >= 0.3 is 5.97 Å². The van der Waals surface area contributed by atoms with Crippen LogP contribution in [0.15, 0.2) is 23.8 Å². The second-order valence-corrected chi connectivity index (χ2v) is 4.54. The highest BCUT2D eigenvalue weighted by molar-refractivity contribution is 7.10. The second-order valence-electron chi connectivity index (χ2n) is 3.45. The Hall–Kier alpha value is -1.55. The van der Waals surface area contributed by atoms with E-state index in [-0.39, 0.29) is 0 Å². The molecule has 2 aromatic rings. The Labute approximate surface area is 91.6 Å². The molecule has 0 unspecified atom stereocenters. The van der Waals surface area contributed by atoms with Crippen molar-refractivity contribution in [3.05, 3.63) is 34.3 Å². The molecule has 0 aliphatic rings. The molecule has 15 heavy (non-hydrogen) atoms. The molecule has 1 N–H and O–H groups in total. The van der Waals surface area contributed by atoms with E-state index in [0.29, 0.717) is 5.56 Å². The minimum Gasteiger partial charge on any atom is -0.478 e. The first-order chi connectivity index (χ1) is 7.09. The first-order valence-corrected chi connectivity index (χ1v) is 5.41. The third kappa shape index (κ3) is 1.68. The fourth-order valence-corrected chi connectivity index (χ4v) is 2.48. The monoisotopic (exact) mass is 221 g/mol. The van der Waals surface area contributed by atoms with Crippen LogP contribution in [0.25, 0.3) is 11.1 Å². The van der Waals surface area contributed by atoms with Crippen molar-refractivity contribution in [1.82, 2.24) is 4.57 Å². The van der Waals surface area contributed by atoms with Gasteiger partial charge in [0.05, 0.1) is 5.56 Å². The Morgan fingerprint density at radius 2 is 2.27 bits per heavy atom. The minimum absolute atomic E-state index is 0.392. The average molecular weight is 221 g/mol. The van der Waals surface area contributed by atoms with Gasteiger partial charge in [0.15, 0.2) is 0 Å². The SMILES string of the molecule is Cc1scc(C(=O)O)c1-c1ccn(C)c1. The molecule has 4 heteroatoms. The van der Waals surface area contributed by atoms with Crippen LogP contribution in [-0.4, -0.2) is 15.6 Å². The van der Waals surface area contributed by atoms with Crippen LogP contribution in [0.3, 0.4) is 0 Å². The van der Waals surface area contributed by atoms with Crippen LogP contribution < -0.4 is 0 Å². The lowest BCUT2D eigenvalue weighted by Crippen LogP contribution is -1.96. The number of carbonyl (C=O) groups is 1. The summed E-state index contributed by atoms with van der Waals surface area (Å²) >= 11 is 1.47. The molecule has 3 nitrogen and oxygen atoms in total. The molecule has 0 radical (unpaired) electrons. The van der Waals surface area contributed by atoms with Gasteiger partial charge in [-0.3, -0.25) is 0 Å². The number of aromatic nitrogens is 1. The molecular formula is C11H11NO2S. The smallest absolute Gasteiger partial charge is 0.337 e. The largest absolute Gasteiger partial charge is 0.478 e. The Morgan fingerprint density at radius 3 is 2.80 bits per heavy atom. The minimum atomic E-state index is -0.863. The fourth-order valence-electron chi connectivity index (χ4n) is 1.62. The number of thiophene rings is 1. The van der Waals surface area contributed by atoms with Gasteiger partial charge in [-0.1, -0.05) is 0 Å². The molecule has 0 atom stereocenters. The number of hydrogen-bond acceptors (Lipinski definition) is 2. The number of aryl methyl sites for hydroxylation is 2. The standard InChI is InChI=1S/C11H11NO2S/c1-7-10(8-3-4-12(2)5-8)9(6-15-7)11(13)14/h3-6H,1-2H3,(H,13,14). The molecule has 0 aromatic carbocycles. The summed E-state index contributed by atoms with van der Waals surface area (Å²) in [4.78, 5) is 12.1. The third-order valence-corrected chi connectivity index (χ3v) is 3.24. The molecule has 0 spiro atoms. The lowest BCUT2D eigenvalue weighted by Gasteiger charge is -1.99. The van der Waals surface area contributed by atoms with E-state index in [9.17, 15) is 4.79 Å². The zero-order valence-corrected chi connectivity index (χ0v) is 9.34. The topological polar surface area (TPSA) is 42.2 Å². The van der Waals surface area contributed by atoms with E-state index in [0.717, 1.165) is 16.0 Å². The summed E-state index contributed by atoms with van der Waals surface area (Å²) < 4.78 is 1.91. The summed E-state index contributed by atoms with van der Waals surface area (Å²) in [6.07, 6.45) is 3.85. The number of nitrogens with zero attached hydrogens (tertiary/aromatic N) is 1. The summed E-state index contributed by atoms with van der Waals surface area (Å²) in [5, 5.41) is 10.7. The van der Waals surface area contributed by atoms with E-state index in [1.54, 1.807) is 5.38 Å². The zero-order chi connectivity index (χ0) is 11.0. The molecular weight excluding hydrogens is 210 g/mol. The molecule has 2 aromatic heterocycles. The maximum Gasteiger partial charge on any atom is 0.337 e. The van der Waals surface area contributed by atoms with Crippen LogP contribution in [0.5, 0.6) is 0 Å². The number of carboxylic acid groups (broad SMARTS) is 1. The summed E-state index contributed by atoms with van der Waals surface area (Å²) in [7, 11) is 1.92.